The summed E-state index contributed by atoms with van der Waals surface area (Å²) in [5, 5.41) is 6.28. The largest absolute Gasteiger partial charge is 0.494 e. The summed E-state index contributed by atoms with van der Waals surface area (Å²) >= 11 is 0. The van der Waals surface area contributed by atoms with Crippen molar-refractivity contribution in [3.63, 3.8) is 0 Å². The van der Waals surface area contributed by atoms with E-state index in [0.29, 0.717) is 40.8 Å². The maximum atomic E-state index is 13.7. The molecule has 1 saturated heterocycles. The highest BCUT2D eigenvalue weighted by Gasteiger charge is 2.47. The van der Waals surface area contributed by atoms with Crippen LogP contribution in [0.2, 0.25) is 0 Å². The SMILES string of the molecule is COc1cc(C(=O)N2CC3CCC2[C@@H]3N)cc2nc(-c3cc4ccc(-c5cccc(CS(N)(=O)=O)c5)nc4n3CC3CC3)n(C)c12. The maximum absolute atomic E-state index is 13.7. The summed E-state index contributed by atoms with van der Waals surface area (Å²) in [5.41, 5.74) is 12.4. The number of amides is 1. The average Bonchev–Trinajstić information content (AvgIpc) is 3.43. The monoisotopic (exact) mass is 639 g/mol. The van der Waals surface area contributed by atoms with Gasteiger partial charge in [0.15, 0.2) is 5.82 Å². The molecule has 1 amide bonds. The quantitative estimate of drug-likeness (QED) is 0.260. The molecule has 4 N–H and O–H groups in total. The van der Waals surface area contributed by atoms with E-state index in [4.69, 9.17) is 25.6 Å². The van der Waals surface area contributed by atoms with Gasteiger partial charge in [0, 0.05) is 48.7 Å². The number of carbonyl (C=O) groups excluding carboxylic acids is 1. The number of primary sulfonamides is 1. The molecule has 2 bridgehead atoms. The molecular formula is C34H37N7O4S. The van der Waals surface area contributed by atoms with Gasteiger partial charge in [-0.25, -0.2) is 23.5 Å². The lowest BCUT2D eigenvalue weighted by Gasteiger charge is -2.27. The van der Waals surface area contributed by atoms with Crippen LogP contribution in [0.1, 0.15) is 41.6 Å². The van der Waals surface area contributed by atoms with E-state index in [2.05, 4.69) is 10.6 Å². The second-order valence-electron chi connectivity index (χ2n) is 13.2. The van der Waals surface area contributed by atoms with Crippen LogP contribution in [0.25, 0.3) is 44.8 Å². The molecule has 12 heteroatoms. The summed E-state index contributed by atoms with van der Waals surface area (Å²) < 4.78 is 33.6. The van der Waals surface area contributed by atoms with E-state index in [1.807, 2.05) is 59.0 Å². The normalized spacial score (nSPS) is 21.1. The van der Waals surface area contributed by atoms with Crippen LogP contribution in [-0.2, 0) is 29.4 Å². The number of fused-ring (bicyclic) bond motifs is 4. The van der Waals surface area contributed by atoms with Gasteiger partial charge in [0.05, 0.1) is 29.8 Å². The minimum Gasteiger partial charge on any atom is -0.494 e. The Balaban J connectivity index is 1.22. The summed E-state index contributed by atoms with van der Waals surface area (Å²) in [6, 6.07) is 17.3. The van der Waals surface area contributed by atoms with E-state index in [9.17, 15) is 13.2 Å². The van der Waals surface area contributed by atoms with E-state index < -0.39 is 10.0 Å². The van der Waals surface area contributed by atoms with Crippen molar-refractivity contribution in [2.75, 3.05) is 13.7 Å². The molecule has 2 aromatic carbocycles. The Bertz CT molecular complexity index is 2150. The number of nitrogens with two attached hydrogens (primary N) is 2. The molecule has 46 heavy (non-hydrogen) atoms. The molecule has 2 unspecified atom stereocenters. The second kappa shape index (κ2) is 10.6. The number of imidazole rings is 1. The standard InChI is InChI=1S/C34H37N7O4S/c1-39-31-26(13-24(15-29(31)45-2)34(42)41-17-23-9-11-27(41)30(23)35)38-33(39)28-14-22-8-10-25(37-32(22)40(28)16-19-6-7-19)21-5-3-4-20(12-21)18-46(36,43)44/h3-5,8,10,12-15,19,23,27,30H,6-7,9,11,16-18,35H2,1-2H3,(H2,36,43,44)/t23?,27?,30-/m1/s1. The molecule has 4 heterocycles. The summed E-state index contributed by atoms with van der Waals surface area (Å²) in [6.45, 7) is 1.51. The molecule has 2 saturated carbocycles. The van der Waals surface area contributed by atoms with Crippen molar-refractivity contribution >= 4 is 38.0 Å². The molecular weight excluding hydrogens is 602 g/mol. The summed E-state index contributed by atoms with van der Waals surface area (Å²) in [4.78, 5) is 25.9. The Morgan fingerprint density at radius 3 is 2.57 bits per heavy atom. The third kappa shape index (κ3) is 4.95. The van der Waals surface area contributed by atoms with Crippen molar-refractivity contribution < 1.29 is 17.9 Å². The molecule has 2 aliphatic carbocycles. The lowest BCUT2D eigenvalue weighted by molar-refractivity contribution is 0.0700. The molecule has 1 aliphatic heterocycles. The smallest absolute Gasteiger partial charge is 0.254 e. The van der Waals surface area contributed by atoms with E-state index in [-0.39, 0.29) is 23.7 Å². The van der Waals surface area contributed by atoms with Crippen molar-refractivity contribution in [2.24, 2.45) is 29.8 Å². The Labute approximate surface area is 267 Å². The molecule has 5 aromatic rings. The Morgan fingerprint density at radius 2 is 1.87 bits per heavy atom. The molecule has 0 spiro atoms. The number of aryl methyl sites for hydroxylation is 1. The minimum absolute atomic E-state index is 0.0252. The molecule has 0 radical (unpaired) electrons. The number of sulfonamides is 1. The van der Waals surface area contributed by atoms with Gasteiger partial charge >= 0.3 is 0 Å². The fourth-order valence-corrected chi connectivity index (χ4v) is 8.18. The molecule has 3 fully saturated rings. The van der Waals surface area contributed by atoms with Crippen molar-refractivity contribution in [3.05, 3.63) is 65.7 Å². The number of ether oxygens (including phenoxy) is 1. The number of likely N-dealkylation sites (tertiary alicyclic amines) is 1. The number of carbonyl (C=O) groups is 1. The summed E-state index contributed by atoms with van der Waals surface area (Å²) in [6.07, 6.45) is 4.36. The second-order valence-corrected chi connectivity index (χ2v) is 14.8. The molecule has 238 valence electrons. The number of hydrogen-bond donors (Lipinski definition) is 2. The third-order valence-electron chi connectivity index (χ3n) is 10.0. The number of hydrogen-bond acceptors (Lipinski definition) is 7. The highest BCUT2D eigenvalue weighted by molar-refractivity contribution is 7.88. The Morgan fingerprint density at radius 1 is 1.04 bits per heavy atom. The number of rotatable bonds is 8. The van der Waals surface area contributed by atoms with Gasteiger partial charge in [-0.15, -0.1) is 0 Å². The van der Waals surface area contributed by atoms with Gasteiger partial charge in [-0.05, 0) is 79.5 Å². The van der Waals surface area contributed by atoms with E-state index in [0.717, 1.165) is 71.6 Å². The van der Waals surface area contributed by atoms with Gasteiger partial charge in [0.2, 0.25) is 10.0 Å². The maximum Gasteiger partial charge on any atom is 0.254 e. The van der Waals surface area contributed by atoms with E-state index in [1.54, 1.807) is 13.2 Å². The minimum atomic E-state index is -3.66. The van der Waals surface area contributed by atoms with Crippen molar-refractivity contribution in [3.8, 4) is 28.5 Å². The fraction of sp³-hybridized carbons (Fsp3) is 0.382. The number of piperidine rings is 1. The third-order valence-corrected chi connectivity index (χ3v) is 10.8. The highest BCUT2D eigenvalue weighted by atomic mass is 32.2. The first-order chi connectivity index (χ1) is 22.1. The number of methoxy groups -OCH3 is 1. The lowest BCUT2D eigenvalue weighted by Crippen LogP contribution is -2.41. The predicted octanol–water partition coefficient (Wildman–Crippen LogP) is 4.03. The number of benzene rings is 2. The van der Waals surface area contributed by atoms with Gasteiger partial charge in [-0.2, -0.15) is 0 Å². The lowest BCUT2D eigenvalue weighted by atomic mass is 10.1. The van der Waals surface area contributed by atoms with Crippen LogP contribution in [0.4, 0.5) is 0 Å². The first-order valence-electron chi connectivity index (χ1n) is 15.8. The fourth-order valence-electron chi connectivity index (χ4n) is 7.54. The van der Waals surface area contributed by atoms with Crippen molar-refractivity contribution in [1.29, 1.82) is 0 Å². The van der Waals surface area contributed by atoms with Crippen LogP contribution < -0.4 is 15.6 Å². The number of pyridine rings is 1. The zero-order valence-corrected chi connectivity index (χ0v) is 26.7. The van der Waals surface area contributed by atoms with Crippen LogP contribution in [0, 0.1) is 11.8 Å². The van der Waals surface area contributed by atoms with Gasteiger partial charge in [-0.1, -0.05) is 18.2 Å². The summed E-state index contributed by atoms with van der Waals surface area (Å²) in [5.74, 6) is 2.03. The van der Waals surface area contributed by atoms with Gasteiger partial charge in [0.1, 0.15) is 16.9 Å². The number of nitrogens with zero attached hydrogens (tertiary/aromatic N) is 5. The van der Waals surface area contributed by atoms with Crippen LogP contribution in [0.5, 0.6) is 5.75 Å². The molecule has 3 atom stereocenters. The van der Waals surface area contributed by atoms with Crippen LogP contribution in [-0.4, -0.2) is 64.1 Å². The average molecular weight is 640 g/mol. The Kier molecular flexibility index (Phi) is 6.75. The van der Waals surface area contributed by atoms with E-state index in [1.165, 1.54) is 0 Å². The highest BCUT2D eigenvalue weighted by Crippen LogP contribution is 2.40. The van der Waals surface area contributed by atoms with Gasteiger partial charge < -0.3 is 24.5 Å². The predicted molar refractivity (Wildman–Crippen MR) is 176 cm³/mol. The zero-order valence-electron chi connectivity index (χ0n) is 25.9. The van der Waals surface area contributed by atoms with Gasteiger partial charge in [-0.3, -0.25) is 4.79 Å². The van der Waals surface area contributed by atoms with Crippen molar-refractivity contribution in [2.45, 2.75) is 50.1 Å². The first-order valence-corrected chi connectivity index (χ1v) is 17.5. The molecule has 3 aliphatic rings. The molecule has 8 rings (SSSR count). The molecule has 11 nitrogen and oxygen atoms in total. The summed E-state index contributed by atoms with van der Waals surface area (Å²) in [7, 11) is -0.0606. The molecule has 3 aromatic heterocycles. The topological polar surface area (TPSA) is 151 Å². The van der Waals surface area contributed by atoms with Crippen LogP contribution in [0.15, 0.2) is 54.6 Å². The Hall–Kier alpha value is -4.26. The van der Waals surface area contributed by atoms with Gasteiger partial charge in [0.25, 0.3) is 5.91 Å². The van der Waals surface area contributed by atoms with Crippen LogP contribution >= 0.6 is 0 Å². The van der Waals surface area contributed by atoms with Crippen molar-refractivity contribution in [1.82, 2.24) is 24.0 Å². The zero-order chi connectivity index (χ0) is 31.9. The number of aromatic nitrogens is 4. The first kappa shape index (κ1) is 29.2. The van der Waals surface area contributed by atoms with E-state index >= 15 is 0 Å². The van der Waals surface area contributed by atoms with Crippen LogP contribution in [0.3, 0.4) is 0 Å².